The molecule has 1 nitrogen and oxygen atoms in total. The first-order valence-corrected chi connectivity index (χ1v) is 9.16. The number of halogens is 1. The molecule has 142 valence electrons. The van der Waals surface area contributed by atoms with Crippen molar-refractivity contribution in [2.45, 2.75) is 53.5 Å². The molecular formula is C24H34FN. The minimum atomic E-state index is -0.162. The van der Waals surface area contributed by atoms with Gasteiger partial charge in [-0.2, -0.15) is 0 Å². The van der Waals surface area contributed by atoms with Crippen molar-refractivity contribution in [3.05, 3.63) is 95.3 Å². The first-order chi connectivity index (χ1) is 12.3. The van der Waals surface area contributed by atoms with Gasteiger partial charge in [0, 0.05) is 6.04 Å². The van der Waals surface area contributed by atoms with Crippen LogP contribution < -0.4 is 5.73 Å². The van der Waals surface area contributed by atoms with Crippen molar-refractivity contribution in [1.82, 2.24) is 0 Å². The lowest BCUT2D eigenvalue weighted by atomic mass is 10.1. The summed E-state index contributed by atoms with van der Waals surface area (Å²) in [5.74, 6) is -0.162. The van der Waals surface area contributed by atoms with E-state index in [1.54, 1.807) is 12.1 Å². The molecule has 0 saturated heterocycles. The topological polar surface area (TPSA) is 26.0 Å². The Morgan fingerprint density at radius 2 is 1.58 bits per heavy atom. The molecule has 0 heterocycles. The van der Waals surface area contributed by atoms with Crippen molar-refractivity contribution in [2.75, 3.05) is 0 Å². The van der Waals surface area contributed by atoms with E-state index in [1.165, 1.54) is 28.8 Å². The number of aryl methyl sites for hydroxylation is 2. The standard InChI is InChI=1S/C10H13N.C7H7F.C5H8.C2H6/c1-7-2-3-8-5-10(11)6-9(8)4-7;1-6-3-2-4-7(8)5-6;1-4-5(2)3;1-2/h2-4,10H,5-6,11H2,1H3;2-5H,1H3;4H,1-2H2,3H3;1-2H3. The summed E-state index contributed by atoms with van der Waals surface area (Å²) >= 11 is 0. The summed E-state index contributed by atoms with van der Waals surface area (Å²) in [5.41, 5.74) is 12.1. The number of hydrogen-bond donors (Lipinski definition) is 1. The molecule has 1 unspecified atom stereocenters. The Labute approximate surface area is 159 Å². The fourth-order valence-corrected chi connectivity index (χ4v) is 2.39. The Morgan fingerprint density at radius 3 is 2.04 bits per heavy atom. The lowest BCUT2D eigenvalue weighted by Crippen LogP contribution is -2.18. The van der Waals surface area contributed by atoms with Gasteiger partial charge in [0.1, 0.15) is 5.82 Å². The zero-order chi connectivity index (χ0) is 20.1. The highest BCUT2D eigenvalue weighted by Crippen LogP contribution is 2.21. The molecule has 26 heavy (non-hydrogen) atoms. The minimum Gasteiger partial charge on any atom is -0.327 e. The lowest BCUT2D eigenvalue weighted by Gasteiger charge is -1.97. The van der Waals surface area contributed by atoms with Gasteiger partial charge in [-0.1, -0.05) is 74.5 Å². The maximum Gasteiger partial charge on any atom is 0.123 e. The van der Waals surface area contributed by atoms with Gasteiger partial charge in [-0.25, -0.2) is 4.39 Å². The third-order valence-corrected chi connectivity index (χ3v) is 3.65. The van der Waals surface area contributed by atoms with Gasteiger partial charge < -0.3 is 5.73 Å². The molecular weight excluding hydrogens is 321 g/mol. The summed E-state index contributed by atoms with van der Waals surface area (Å²) in [6, 6.07) is 13.5. The van der Waals surface area contributed by atoms with Crippen molar-refractivity contribution in [3.8, 4) is 0 Å². The van der Waals surface area contributed by atoms with E-state index in [0.717, 1.165) is 24.0 Å². The molecule has 0 spiro atoms. The smallest absolute Gasteiger partial charge is 0.123 e. The first kappa shape index (κ1) is 23.8. The third kappa shape index (κ3) is 9.95. The largest absolute Gasteiger partial charge is 0.327 e. The van der Waals surface area contributed by atoms with Gasteiger partial charge in [0.2, 0.25) is 0 Å². The summed E-state index contributed by atoms with van der Waals surface area (Å²) < 4.78 is 12.2. The van der Waals surface area contributed by atoms with Gasteiger partial charge in [0.15, 0.2) is 0 Å². The van der Waals surface area contributed by atoms with Crippen LogP contribution in [0.4, 0.5) is 4.39 Å². The van der Waals surface area contributed by atoms with Crippen LogP contribution in [0, 0.1) is 19.7 Å². The fourth-order valence-electron chi connectivity index (χ4n) is 2.39. The van der Waals surface area contributed by atoms with E-state index < -0.39 is 0 Å². The molecule has 0 amide bonds. The van der Waals surface area contributed by atoms with Gasteiger partial charge in [-0.15, -0.1) is 0 Å². The highest BCUT2D eigenvalue weighted by Gasteiger charge is 2.16. The number of nitrogens with two attached hydrogens (primary N) is 1. The lowest BCUT2D eigenvalue weighted by molar-refractivity contribution is 0.626. The van der Waals surface area contributed by atoms with E-state index in [-0.39, 0.29) is 5.82 Å². The van der Waals surface area contributed by atoms with Crippen molar-refractivity contribution < 1.29 is 4.39 Å². The van der Waals surface area contributed by atoms with Crippen molar-refractivity contribution >= 4 is 0 Å². The van der Waals surface area contributed by atoms with Crippen LogP contribution >= 0.6 is 0 Å². The highest BCUT2D eigenvalue weighted by molar-refractivity contribution is 5.36. The number of allylic oxidation sites excluding steroid dienone is 2. The molecule has 2 heteroatoms. The molecule has 0 aliphatic heterocycles. The molecule has 0 fully saturated rings. The summed E-state index contributed by atoms with van der Waals surface area (Å²) in [4.78, 5) is 0. The van der Waals surface area contributed by atoms with Crippen molar-refractivity contribution in [2.24, 2.45) is 5.73 Å². The van der Waals surface area contributed by atoms with E-state index in [4.69, 9.17) is 5.73 Å². The zero-order valence-electron chi connectivity index (χ0n) is 17.0. The normalized spacial score (nSPS) is 13.6. The predicted molar refractivity (Wildman–Crippen MR) is 114 cm³/mol. The van der Waals surface area contributed by atoms with E-state index >= 15 is 0 Å². The third-order valence-electron chi connectivity index (χ3n) is 3.65. The number of rotatable bonds is 1. The Bertz CT molecular complexity index is 671. The van der Waals surface area contributed by atoms with Crippen LogP contribution in [-0.4, -0.2) is 6.04 Å². The Hall–Kier alpha value is -2.19. The second-order valence-corrected chi connectivity index (χ2v) is 6.29. The van der Waals surface area contributed by atoms with Crippen LogP contribution in [0.1, 0.15) is 43.0 Å². The van der Waals surface area contributed by atoms with Crippen molar-refractivity contribution in [3.63, 3.8) is 0 Å². The van der Waals surface area contributed by atoms with Gasteiger partial charge >= 0.3 is 0 Å². The Morgan fingerprint density at radius 1 is 1.04 bits per heavy atom. The molecule has 0 saturated carbocycles. The van der Waals surface area contributed by atoms with Crippen LogP contribution in [0.2, 0.25) is 0 Å². The number of hydrogen-bond acceptors (Lipinski definition) is 1. The summed E-state index contributed by atoms with van der Waals surface area (Å²) in [7, 11) is 0. The molecule has 2 aromatic carbocycles. The van der Waals surface area contributed by atoms with E-state index in [0.29, 0.717) is 6.04 Å². The van der Waals surface area contributed by atoms with Crippen LogP contribution in [0.5, 0.6) is 0 Å². The van der Waals surface area contributed by atoms with E-state index in [2.05, 4.69) is 38.3 Å². The van der Waals surface area contributed by atoms with Crippen LogP contribution in [0.15, 0.2) is 67.3 Å². The van der Waals surface area contributed by atoms with Gasteiger partial charge in [-0.3, -0.25) is 0 Å². The molecule has 3 rings (SSSR count). The monoisotopic (exact) mass is 355 g/mol. The average molecular weight is 356 g/mol. The molecule has 0 bridgehead atoms. The minimum absolute atomic E-state index is 0.162. The molecule has 0 aromatic heterocycles. The summed E-state index contributed by atoms with van der Waals surface area (Å²) in [6.07, 6.45) is 3.85. The Balaban J connectivity index is 0.000000369. The zero-order valence-corrected chi connectivity index (χ0v) is 17.0. The second kappa shape index (κ2) is 13.1. The van der Waals surface area contributed by atoms with Gasteiger partial charge in [0.05, 0.1) is 0 Å². The first-order valence-electron chi connectivity index (χ1n) is 9.16. The molecule has 2 N–H and O–H groups in total. The van der Waals surface area contributed by atoms with E-state index in [9.17, 15) is 4.39 Å². The summed E-state index contributed by atoms with van der Waals surface area (Å²) in [6.45, 7) is 16.9. The Kier molecular flexibility index (Phi) is 12.0. The van der Waals surface area contributed by atoms with E-state index in [1.807, 2.05) is 33.8 Å². The average Bonchev–Trinajstić information content (AvgIpc) is 2.96. The van der Waals surface area contributed by atoms with Gasteiger partial charge in [-0.05, 0) is 62.4 Å². The van der Waals surface area contributed by atoms with Crippen LogP contribution in [0.3, 0.4) is 0 Å². The van der Waals surface area contributed by atoms with Crippen molar-refractivity contribution in [1.29, 1.82) is 0 Å². The second-order valence-electron chi connectivity index (χ2n) is 6.29. The van der Waals surface area contributed by atoms with Gasteiger partial charge in [0.25, 0.3) is 0 Å². The number of fused-ring (bicyclic) bond motifs is 1. The molecule has 0 radical (unpaired) electrons. The molecule has 1 aliphatic rings. The maximum atomic E-state index is 12.2. The van der Waals surface area contributed by atoms with Crippen LogP contribution in [-0.2, 0) is 12.8 Å². The molecule has 1 aliphatic carbocycles. The van der Waals surface area contributed by atoms with Crippen LogP contribution in [0.25, 0.3) is 0 Å². The SMILES string of the molecule is C=CC(=C)C.CC.Cc1ccc2c(c1)CC(N)C2.Cc1cccc(F)c1. The number of benzene rings is 2. The predicted octanol–water partition coefficient (Wildman–Crippen LogP) is 6.33. The maximum absolute atomic E-state index is 12.2. The summed E-state index contributed by atoms with van der Waals surface area (Å²) in [5, 5.41) is 0. The quantitative estimate of drug-likeness (QED) is 0.594. The fraction of sp³-hybridized carbons (Fsp3) is 0.333. The highest BCUT2D eigenvalue weighted by atomic mass is 19.1. The molecule has 1 atom stereocenters. The molecule has 2 aromatic rings.